The Bertz CT molecular complexity index is 1220. The number of nitrogens with zero attached hydrogens (tertiary/aromatic N) is 3. The first kappa shape index (κ1) is 21.5. The summed E-state index contributed by atoms with van der Waals surface area (Å²) < 4.78 is 28.1. The van der Waals surface area contributed by atoms with Crippen LogP contribution in [0.3, 0.4) is 0 Å². The number of halogens is 2. The van der Waals surface area contributed by atoms with Crippen LogP contribution in [-0.2, 0) is 10.0 Å². The Labute approximate surface area is 188 Å². The number of piperazine rings is 1. The van der Waals surface area contributed by atoms with E-state index in [9.17, 15) is 13.2 Å². The van der Waals surface area contributed by atoms with Gasteiger partial charge >= 0.3 is 0 Å². The van der Waals surface area contributed by atoms with Gasteiger partial charge in [0.1, 0.15) is 0 Å². The van der Waals surface area contributed by atoms with Crippen molar-refractivity contribution in [2.24, 2.45) is 0 Å². The molecule has 1 N–H and O–H groups in total. The van der Waals surface area contributed by atoms with Gasteiger partial charge in [-0.05, 0) is 43.4 Å². The number of nitrogens with one attached hydrogen (secondary N) is 1. The lowest BCUT2D eigenvalue weighted by Crippen LogP contribution is -2.46. The Morgan fingerprint density at radius 2 is 1.83 bits per heavy atom. The van der Waals surface area contributed by atoms with E-state index in [1.54, 1.807) is 30.3 Å². The lowest BCUT2D eigenvalue weighted by atomic mass is 10.2. The van der Waals surface area contributed by atoms with Gasteiger partial charge in [-0.3, -0.25) is 10.1 Å². The van der Waals surface area contributed by atoms with Crippen LogP contribution in [0.1, 0.15) is 10.4 Å². The minimum atomic E-state index is -3.58. The molecule has 0 saturated carbocycles. The fourth-order valence-electron chi connectivity index (χ4n) is 3.13. The zero-order valence-electron chi connectivity index (χ0n) is 15.9. The van der Waals surface area contributed by atoms with E-state index in [1.165, 1.54) is 21.7 Å². The van der Waals surface area contributed by atoms with E-state index in [1.807, 2.05) is 7.05 Å². The summed E-state index contributed by atoms with van der Waals surface area (Å²) in [7, 11) is -1.61. The van der Waals surface area contributed by atoms with Gasteiger partial charge in [0.2, 0.25) is 10.0 Å². The third-order valence-corrected chi connectivity index (χ3v) is 8.25. The van der Waals surface area contributed by atoms with Crippen LogP contribution >= 0.6 is 34.5 Å². The highest BCUT2D eigenvalue weighted by Crippen LogP contribution is 2.30. The molecule has 1 saturated heterocycles. The van der Waals surface area contributed by atoms with Crippen molar-refractivity contribution < 1.29 is 13.2 Å². The van der Waals surface area contributed by atoms with Crippen LogP contribution in [0, 0.1) is 0 Å². The third-order valence-electron chi connectivity index (χ3n) is 4.85. The fourth-order valence-corrected chi connectivity index (χ4v) is 5.93. The van der Waals surface area contributed by atoms with Gasteiger partial charge in [0.15, 0.2) is 5.13 Å². The summed E-state index contributed by atoms with van der Waals surface area (Å²) in [6.45, 7) is 2.32. The molecule has 30 heavy (non-hydrogen) atoms. The number of likely N-dealkylation sites (N-methyl/N-ethyl adjacent to an activating group) is 1. The second-order valence-electron chi connectivity index (χ2n) is 6.93. The molecular formula is C19H18Cl2N4O3S2. The molecule has 3 aromatic rings. The van der Waals surface area contributed by atoms with E-state index in [2.05, 4.69) is 15.2 Å². The fraction of sp³-hybridized carbons (Fsp3) is 0.263. The second-order valence-corrected chi connectivity index (χ2v) is 10.7. The number of hydrogen-bond donors (Lipinski definition) is 1. The number of benzene rings is 2. The Hall–Kier alpha value is -1.75. The number of sulfonamides is 1. The number of thiazole rings is 1. The maximum atomic E-state index is 13.0. The lowest BCUT2D eigenvalue weighted by Gasteiger charge is -2.31. The molecule has 0 bridgehead atoms. The van der Waals surface area contributed by atoms with Gasteiger partial charge in [-0.25, -0.2) is 13.4 Å². The van der Waals surface area contributed by atoms with Crippen LogP contribution in [0.15, 0.2) is 41.3 Å². The molecule has 0 atom stereocenters. The zero-order chi connectivity index (χ0) is 21.5. The highest BCUT2D eigenvalue weighted by molar-refractivity contribution is 7.89. The van der Waals surface area contributed by atoms with Crippen molar-refractivity contribution in [3.63, 3.8) is 0 Å². The summed E-state index contributed by atoms with van der Waals surface area (Å²) >= 11 is 13.2. The standard InChI is InChI=1S/C19H18Cl2N4O3S2/c1-24-6-8-25(9-7-24)30(27,28)13-3-5-16-17(11-13)29-19(22-16)23-18(26)14-10-12(20)2-4-15(14)21/h2-5,10-11H,6-9H2,1H3,(H,22,23,26). The highest BCUT2D eigenvalue weighted by atomic mass is 35.5. The molecule has 0 radical (unpaired) electrons. The Morgan fingerprint density at radius 1 is 1.10 bits per heavy atom. The van der Waals surface area contributed by atoms with E-state index in [4.69, 9.17) is 23.2 Å². The van der Waals surface area contributed by atoms with Crippen molar-refractivity contribution in [2.45, 2.75) is 4.90 Å². The summed E-state index contributed by atoms with van der Waals surface area (Å²) in [6, 6.07) is 9.43. The quantitative estimate of drug-likeness (QED) is 0.608. The van der Waals surface area contributed by atoms with Gasteiger partial charge in [0, 0.05) is 31.2 Å². The molecule has 7 nitrogen and oxygen atoms in total. The summed E-state index contributed by atoms with van der Waals surface area (Å²) in [5, 5.41) is 3.72. The minimum Gasteiger partial charge on any atom is -0.304 e. The van der Waals surface area contributed by atoms with Crippen molar-refractivity contribution in [1.82, 2.24) is 14.2 Å². The SMILES string of the molecule is CN1CCN(S(=O)(=O)c2ccc3nc(NC(=O)c4cc(Cl)ccc4Cl)sc3c2)CC1. The lowest BCUT2D eigenvalue weighted by molar-refractivity contribution is 0.102. The monoisotopic (exact) mass is 484 g/mol. The predicted octanol–water partition coefficient (Wildman–Crippen LogP) is 3.79. The van der Waals surface area contributed by atoms with E-state index in [0.717, 1.165) is 0 Å². The average molecular weight is 485 g/mol. The Balaban J connectivity index is 1.58. The molecule has 0 spiro atoms. The average Bonchev–Trinajstić information content (AvgIpc) is 3.11. The summed E-state index contributed by atoms with van der Waals surface area (Å²) in [4.78, 5) is 19.2. The highest BCUT2D eigenvalue weighted by Gasteiger charge is 2.28. The van der Waals surface area contributed by atoms with Gasteiger partial charge in [0.05, 0.1) is 25.7 Å². The Morgan fingerprint density at radius 3 is 2.57 bits per heavy atom. The van der Waals surface area contributed by atoms with Gasteiger partial charge < -0.3 is 4.90 Å². The molecule has 11 heteroatoms. The molecule has 1 fully saturated rings. The number of amides is 1. The minimum absolute atomic E-state index is 0.221. The van der Waals surface area contributed by atoms with Crippen molar-refractivity contribution in [3.05, 3.63) is 52.0 Å². The molecule has 0 aliphatic carbocycles. The largest absolute Gasteiger partial charge is 0.304 e. The number of carbonyl (C=O) groups is 1. The Kier molecular flexibility index (Phi) is 6.02. The van der Waals surface area contributed by atoms with Gasteiger partial charge in [0.25, 0.3) is 5.91 Å². The third kappa shape index (κ3) is 4.32. The normalized spacial score (nSPS) is 16.1. The molecule has 158 valence electrons. The smallest absolute Gasteiger partial charge is 0.259 e. The molecule has 1 amide bonds. The molecule has 1 aliphatic heterocycles. The first-order valence-corrected chi connectivity index (χ1v) is 12.1. The van der Waals surface area contributed by atoms with Crippen LogP contribution in [0.4, 0.5) is 5.13 Å². The summed E-state index contributed by atoms with van der Waals surface area (Å²) in [6.07, 6.45) is 0. The molecule has 2 heterocycles. The van der Waals surface area contributed by atoms with E-state index in [-0.39, 0.29) is 15.5 Å². The van der Waals surface area contributed by atoms with Crippen molar-refractivity contribution in [3.8, 4) is 0 Å². The molecule has 1 aliphatic rings. The van der Waals surface area contributed by atoms with Gasteiger partial charge in [-0.1, -0.05) is 34.5 Å². The number of carbonyl (C=O) groups excluding carboxylic acids is 1. The number of rotatable bonds is 4. The molecule has 1 aromatic heterocycles. The number of anilines is 1. The maximum Gasteiger partial charge on any atom is 0.259 e. The van der Waals surface area contributed by atoms with Crippen molar-refractivity contribution in [1.29, 1.82) is 0 Å². The maximum absolute atomic E-state index is 13.0. The van der Waals surface area contributed by atoms with E-state index < -0.39 is 15.9 Å². The van der Waals surface area contributed by atoms with E-state index in [0.29, 0.717) is 46.5 Å². The van der Waals surface area contributed by atoms with Crippen LogP contribution < -0.4 is 5.32 Å². The van der Waals surface area contributed by atoms with E-state index >= 15 is 0 Å². The molecule has 4 rings (SSSR count). The van der Waals surface area contributed by atoms with Crippen LogP contribution in [0.2, 0.25) is 10.0 Å². The summed E-state index contributed by atoms with van der Waals surface area (Å²) in [5.41, 5.74) is 0.839. The first-order chi connectivity index (χ1) is 14.2. The second kappa shape index (κ2) is 8.41. The number of hydrogen-bond acceptors (Lipinski definition) is 6. The summed E-state index contributed by atoms with van der Waals surface area (Å²) in [5.74, 6) is -0.438. The van der Waals surface area contributed by atoms with Gasteiger partial charge in [-0.15, -0.1) is 0 Å². The van der Waals surface area contributed by atoms with Crippen molar-refractivity contribution in [2.75, 3.05) is 38.5 Å². The topological polar surface area (TPSA) is 82.6 Å². The zero-order valence-corrected chi connectivity index (χ0v) is 19.1. The van der Waals surface area contributed by atoms with Crippen LogP contribution in [0.25, 0.3) is 10.2 Å². The van der Waals surface area contributed by atoms with Crippen LogP contribution in [0.5, 0.6) is 0 Å². The molecule has 0 unspecified atom stereocenters. The van der Waals surface area contributed by atoms with Crippen molar-refractivity contribution >= 4 is 65.8 Å². The predicted molar refractivity (Wildman–Crippen MR) is 120 cm³/mol. The van der Waals surface area contributed by atoms with Gasteiger partial charge in [-0.2, -0.15) is 4.31 Å². The first-order valence-electron chi connectivity index (χ1n) is 9.10. The molecular weight excluding hydrogens is 467 g/mol. The number of aromatic nitrogens is 1. The molecule has 2 aromatic carbocycles. The number of fused-ring (bicyclic) bond motifs is 1. The van der Waals surface area contributed by atoms with Crippen LogP contribution in [-0.4, -0.2) is 61.7 Å².